The number of carbonyl (C=O) groups excluding carboxylic acids is 1. The monoisotopic (exact) mass is 432 g/mol. The number of benzene rings is 2. The highest BCUT2D eigenvalue weighted by Gasteiger charge is 2.33. The molecule has 1 unspecified atom stereocenters. The summed E-state index contributed by atoms with van der Waals surface area (Å²) in [4.78, 5) is 15.2. The van der Waals surface area contributed by atoms with E-state index in [1.807, 2.05) is 0 Å². The molecule has 30 heavy (non-hydrogen) atoms. The van der Waals surface area contributed by atoms with E-state index in [0.29, 0.717) is 44.0 Å². The third-order valence-electron chi connectivity index (χ3n) is 5.79. The largest absolute Gasteiger partial charge is 0.379 e. The van der Waals surface area contributed by atoms with Crippen LogP contribution in [-0.4, -0.2) is 56.4 Å². The normalized spacial score (nSPS) is 20.5. The van der Waals surface area contributed by atoms with E-state index in [1.165, 1.54) is 22.5 Å². The first-order valence-electron chi connectivity index (χ1n) is 10.1. The van der Waals surface area contributed by atoms with Gasteiger partial charge in [-0.15, -0.1) is 0 Å². The summed E-state index contributed by atoms with van der Waals surface area (Å²) in [6.07, 6.45) is 1.64. The van der Waals surface area contributed by atoms with Crippen LogP contribution in [0.1, 0.15) is 40.4 Å². The van der Waals surface area contributed by atoms with Gasteiger partial charge >= 0.3 is 0 Å². The van der Waals surface area contributed by atoms with Gasteiger partial charge in [-0.2, -0.15) is 4.31 Å². The standard InChI is InChI=1S/C22H25FN2O4S/c1-16-4-5-18(15-21(16)30(27,28)24-11-13-29-14-12-24)22(26)25-10-2-3-20(25)17-6-8-19(23)9-7-17/h4-9,15,20H,2-3,10-14H2,1H3. The van der Waals surface area contributed by atoms with Crippen molar-refractivity contribution in [2.75, 3.05) is 32.8 Å². The number of carbonyl (C=O) groups is 1. The number of hydrogen-bond acceptors (Lipinski definition) is 4. The molecule has 2 aliphatic heterocycles. The van der Waals surface area contributed by atoms with Crippen LogP contribution in [0.2, 0.25) is 0 Å². The number of sulfonamides is 1. The second kappa shape index (κ2) is 8.45. The topological polar surface area (TPSA) is 66.9 Å². The quantitative estimate of drug-likeness (QED) is 0.745. The van der Waals surface area contributed by atoms with Gasteiger partial charge in [0.2, 0.25) is 10.0 Å². The minimum Gasteiger partial charge on any atom is -0.379 e. The molecule has 8 heteroatoms. The first kappa shape index (κ1) is 21.0. The second-order valence-corrected chi connectivity index (χ2v) is 9.61. The summed E-state index contributed by atoms with van der Waals surface area (Å²) in [5.41, 5.74) is 1.84. The van der Waals surface area contributed by atoms with Gasteiger partial charge in [-0.3, -0.25) is 4.79 Å². The lowest BCUT2D eigenvalue weighted by molar-refractivity contribution is 0.0727. The van der Waals surface area contributed by atoms with E-state index in [0.717, 1.165) is 18.4 Å². The van der Waals surface area contributed by atoms with Crippen molar-refractivity contribution in [3.05, 3.63) is 65.0 Å². The predicted molar refractivity (Wildman–Crippen MR) is 110 cm³/mol. The van der Waals surface area contributed by atoms with Gasteiger partial charge in [0.1, 0.15) is 5.82 Å². The highest BCUT2D eigenvalue weighted by Crippen LogP contribution is 2.34. The third-order valence-corrected chi connectivity index (χ3v) is 7.83. The second-order valence-electron chi connectivity index (χ2n) is 7.70. The Labute approximate surface area is 176 Å². The fourth-order valence-electron chi connectivity index (χ4n) is 4.14. The van der Waals surface area contributed by atoms with Crippen LogP contribution in [0.5, 0.6) is 0 Å². The molecule has 2 saturated heterocycles. The Kier molecular flexibility index (Phi) is 5.90. The number of amides is 1. The maximum Gasteiger partial charge on any atom is 0.254 e. The molecule has 2 aliphatic rings. The van der Waals surface area contributed by atoms with Crippen LogP contribution in [0.4, 0.5) is 4.39 Å². The van der Waals surface area contributed by atoms with E-state index >= 15 is 0 Å². The molecule has 2 heterocycles. The molecule has 2 aromatic rings. The van der Waals surface area contributed by atoms with Crippen molar-refractivity contribution in [1.29, 1.82) is 0 Å². The smallest absolute Gasteiger partial charge is 0.254 e. The first-order chi connectivity index (χ1) is 14.4. The van der Waals surface area contributed by atoms with Gasteiger partial charge in [-0.25, -0.2) is 12.8 Å². The lowest BCUT2D eigenvalue weighted by Gasteiger charge is -2.28. The predicted octanol–water partition coefficient (Wildman–Crippen LogP) is 3.13. The maximum absolute atomic E-state index is 13.3. The van der Waals surface area contributed by atoms with Crippen molar-refractivity contribution in [3.63, 3.8) is 0 Å². The Hall–Kier alpha value is -2.29. The molecule has 1 amide bonds. The van der Waals surface area contributed by atoms with Gasteiger partial charge in [0.05, 0.1) is 24.2 Å². The van der Waals surface area contributed by atoms with Gasteiger partial charge in [-0.05, 0) is 55.2 Å². The van der Waals surface area contributed by atoms with E-state index in [1.54, 1.807) is 36.1 Å². The summed E-state index contributed by atoms with van der Waals surface area (Å²) >= 11 is 0. The van der Waals surface area contributed by atoms with Crippen LogP contribution in [0.25, 0.3) is 0 Å². The number of morpholine rings is 1. The Morgan fingerprint density at radius 2 is 1.77 bits per heavy atom. The maximum atomic E-state index is 13.3. The summed E-state index contributed by atoms with van der Waals surface area (Å²) < 4.78 is 46.2. The third kappa shape index (κ3) is 3.99. The molecule has 0 N–H and O–H groups in total. The van der Waals surface area contributed by atoms with Crippen LogP contribution in [0.15, 0.2) is 47.4 Å². The minimum atomic E-state index is -3.70. The number of aryl methyl sites for hydroxylation is 1. The zero-order valence-electron chi connectivity index (χ0n) is 16.9. The van der Waals surface area contributed by atoms with Crippen molar-refractivity contribution in [1.82, 2.24) is 9.21 Å². The van der Waals surface area contributed by atoms with Gasteiger partial charge in [0.15, 0.2) is 0 Å². The van der Waals surface area contributed by atoms with Crippen molar-refractivity contribution in [3.8, 4) is 0 Å². The van der Waals surface area contributed by atoms with Crippen molar-refractivity contribution >= 4 is 15.9 Å². The van der Waals surface area contributed by atoms with Gasteiger partial charge < -0.3 is 9.64 Å². The molecule has 2 aromatic carbocycles. The molecule has 6 nitrogen and oxygen atoms in total. The number of likely N-dealkylation sites (tertiary alicyclic amines) is 1. The summed E-state index contributed by atoms with van der Waals surface area (Å²) in [6, 6.07) is 10.9. The van der Waals surface area contributed by atoms with E-state index < -0.39 is 10.0 Å². The Bertz CT molecular complexity index is 1030. The van der Waals surface area contributed by atoms with Gasteiger partial charge in [-0.1, -0.05) is 18.2 Å². The molecule has 0 spiro atoms. The molecule has 0 aliphatic carbocycles. The lowest BCUT2D eigenvalue weighted by atomic mass is 10.0. The average Bonchev–Trinajstić information content (AvgIpc) is 3.24. The molecule has 160 valence electrons. The average molecular weight is 433 g/mol. The van der Waals surface area contributed by atoms with Gasteiger partial charge in [0.25, 0.3) is 5.91 Å². The van der Waals surface area contributed by atoms with Crippen molar-refractivity contribution in [2.45, 2.75) is 30.7 Å². The molecule has 1 atom stereocenters. The summed E-state index contributed by atoms with van der Waals surface area (Å²) in [5, 5.41) is 0. The Morgan fingerprint density at radius 1 is 1.07 bits per heavy atom. The molecule has 4 rings (SSSR count). The zero-order chi connectivity index (χ0) is 21.3. The molecular weight excluding hydrogens is 407 g/mol. The Balaban J connectivity index is 1.63. The number of hydrogen-bond donors (Lipinski definition) is 0. The molecule has 2 fully saturated rings. The molecule has 0 radical (unpaired) electrons. The summed E-state index contributed by atoms with van der Waals surface area (Å²) in [6.45, 7) is 3.66. The fourth-order valence-corrected chi connectivity index (χ4v) is 5.80. The highest BCUT2D eigenvalue weighted by atomic mass is 32.2. The van der Waals surface area contributed by atoms with E-state index in [-0.39, 0.29) is 22.7 Å². The van der Waals surface area contributed by atoms with Crippen molar-refractivity contribution in [2.24, 2.45) is 0 Å². The van der Waals surface area contributed by atoms with Crippen LogP contribution in [0.3, 0.4) is 0 Å². The van der Waals surface area contributed by atoms with Gasteiger partial charge in [0, 0.05) is 25.2 Å². The van der Waals surface area contributed by atoms with Crippen molar-refractivity contribution < 1.29 is 22.3 Å². The number of rotatable bonds is 4. The number of ether oxygens (including phenoxy) is 1. The summed E-state index contributed by atoms with van der Waals surface area (Å²) in [7, 11) is -3.70. The molecular formula is C22H25FN2O4S. The first-order valence-corrected chi connectivity index (χ1v) is 11.6. The molecule has 0 aromatic heterocycles. The number of nitrogens with zero attached hydrogens (tertiary/aromatic N) is 2. The molecule has 0 bridgehead atoms. The summed E-state index contributed by atoms with van der Waals surface area (Å²) in [5.74, 6) is -0.522. The Morgan fingerprint density at radius 3 is 2.47 bits per heavy atom. The zero-order valence-corrected chi connectivity index (χ0v) is 17.7. The number of halogens is 1. The fraction of sp³-hybridized carbons (Fsp3) is 0.409. The van der Waals surface area contributed by atoms with Crippen LogP contribution in [-0.2, 0) is 14.8 Å². The van der Waals surface area contributed by atoms with Crippen LogP contribution in [0, 0.1) is 12.7 Å². The SMILES string of the molecule is Cc1ccc(C(=O)N2CCCC2c2ccc(F)cc2)cc1S(=O)(=O)N1CCOCC1. The lowest BCUT2D eigenvalue weighted by Crippen LogP contribution is -2.41. The minimum absolute atomic E-state index is 0.140. The van der Waals surface area contributed by atoms with Crippen LogP contribution < -0.4 is 0 Å². The molecule has 0 saturated carbocycles. The van der Waals surface area contributed by atoms with E-state index in [9.17, 15) is 17.6 Å². The highest BCUT2D eigenvalue weighted by molar-refractivity contribution is 7.89. The van der Waals surface area contributed by atoms with E-state index in [4.69, 9.17) is 4.74 Å². The van der Waals surface area contributed by atoms with Crippen LogP contribution >= 0.6 is 0 Å². The van der Waals surface area contributed by atoms with E-state index in [2.05, 4.69) is 0 Å².